The Morgan fingerprint density at radius 1 is 1.35 bits per heavy atom. The summed E-state index contributed by atoms with van der Waals surface area (Å²) in [6, 6.07) is 5.54. The van der Waals surface area contributed by atoms with E-state index in [4.69, 9.17) is 11.6 Å². The molecule has 0 fully saturated rings. The van der Waals surface area contributed by atoms with Gasteiger partial charge in [-0.15, -0.1) is 0 Å². The molecule has 2 rings (SSSR count). The summed E-state index contributed by atoms with van der Waals surface area (Å²) >= 11 is 5.65. The van der Waals surface area contributed by atoms with Crippen molar-refractivity contribution in [3.63, 3.8) is 0 Å². The number of anilines is 1. The molecule has 1 N–H and O–H groups in total. The van der Waals surface area contributed by atoms with Crippen molar-refractivity contribution in [2.45, 2.75) is 0 Å². The molecule has 0 unspecified atom stereocenters. The second kappa shape index (κ2) is 5.62. The first-order valence-electron chi connectivity index (χ1n) is 5.34. The minimum Gasteiger partial charge on any atom is -0.322 e. The molecule has 0 aliphatic rings. The van der Waals surface area contributed by atoms with E-state index in [1.807, 2.05) is 0 Å². The fourth-order valence-corrected chi connectivity index (χ4v) is 1.65. The number of carbonyl (C=O) groups excluding carboxylic acids is 1. The van der Waals surface area contributed by atoms with Crippen LogP contribution in [0.15, 0.2) is 36.5 Å². The molecule has 1 heterocycles. The van der Waals surface area contributed by atoms with Crippen LogP contribution in [0.4, 0.5) is 15.8 Å². The molecule has 102 valence electrons. The van der Waals surface area contributed by atoms with Gasteiger partial charge in [-0.05, 0) is 18.2 Å². The van der Waals surface area contributed by atoms with E-state index in [1.54, 1.807) is 0 Å². The summed E-state index contributed by atoms with van der Waals surface area (Å²) in [4.78, 5) is 25.5. The van der Waals surface area contributed by atoms with Gasteiger partial charge in [-0.2, -0.15) is 0 Å². The highest BCUT2D eigenvalue weighted by molar-refractivity contribution is 6.29. The molecule has 2 aromatic rings. The molecule has 0 bridgehead atoms. The van der Waals surface area contributed by atoms with E-state index in [2.05, 4.69) is 10.3 Å². The van der Waals surface area contributed by atoms with Gasteiger partial charge in [-0.1, -0.05) is 11.6 Å². The molecular weight excluding hydrogens is 289 g/mol. The van der Waals surface area contributed by atoms with Crippen molar-refractivity contribution in [2.24, 2.45) is 0 Å². The smallest absolute Gasteiger partial charge is 0.270 e. The van der Waals surface area contributed by atoms with Crippen LogP contribution in [-0.2, 0) is 0 Å². The first-order valence-corrected chi connectivity index (χ1v) is 5.72. The predicted molar refractivity (Wildman–Crippen MR) is 70.3 cm³/mol. The Balaban J connectivity index is 2.29. The zero-order valence-electron chi connectivity index (χ0n) is 9.84. The van der Waals surface area contributed by atoms with Crippen molar-refractivity contribution in [2.75, 3.05) is 5.32 Å². The standard InChI is InChI=1S/C12H7ClFN3O3/c13-11-5-7(3-4-15-11)16-12(18)9-6-8(17(19)20)1-2-10(9)14/h1-6H,(H,15,16,18). The normalized spacial score (nSPS) is 10.1. The van der Waals surface area contributed by atoms with Crippen molar-refractivity contribution in [3.8, 4) is 0 Å². The van der Waals surface area contributed by atoms with Gasteiger partial charge in [0.05, 0.1) is 10.5 Å². The number of nitrogens with zero attached hydrogens (tertiary/aromatic N) is 2. The van der Waals surface area contributed by atoms with Gasteiger partial charge in [0, 0.05) is 24.0 Å². The quantitative estimate of drug-likeness (QED) is 0.536. The largest absolute Gasteiger partial charge is 0.322 e. The molecule has 8 heteroatoms. The molecule has 1 aromatic carbocycles. The fourth-order valence-electron chi connectivity index (χ4n) is 1.48. The molecular formula is C12H7ClFN3O3. The van der Waals surface area contributed by atoms with Crippen LogP contribution in [0.2, 0.25) is 5.15 Å². The average molecular weight is 296 g/mol. The second-order valence-electron chi connectivity index (χ2n) is 3.74. The van der Waals surface area contributed by atoms with Crippen molar-refractivity contribution < 1.29 is 14.1 Å². The third kappa shape index (κ3) is 3.07. The molecule has 0 atom stereocenters. The van der Waals surface area contributed by atoms with E-state index in [-0.39, 0.29) is 10.8 Å². The number of nitrogens with one attached hydrogen (secondary N) is 1. The van der Waals surface area contributed by atoms with Gasteiger partial charge in [0.15, 0.2) is 0 Å². The molecule has 6 nitrogen and oxygen atoms in total. The molecule has 1 aromatic heterocycles. The van der Waals surface area contributed by atoms with Crippen LogP contribution >= 0.6 is 11.6 Å². The summed E-state index contributed by atoms with van der Waals surface area (Å²) in [5, 5.41) is 13.2. The van der Waals surface area contributed by atoms with Crippen molar-refractivity contribution in [1.82, 2.24) is 4.98 Å². The lowest BCUT2D eigenvalue weighted by molar-refractivity contribution is -0.384. The lowest BCUT2D eigenvalue weighted by Gasteiger charge is -2.06. The van der Waals surface area contributed by atoms with Gasteiger partial charge < -0.3 is 5.32 Å². The number of amides is 1. The number of pyridine rings is 1. The number of aromatic nitrogens is 1. The topological polar surface area (TPSA) is 85.1 Å². The predicted octanol–water partition coefficient (Wildman–Crippen LogP) is 3.03. The monoisotopic (exact) mass is 295 g/mol. The van der Waals surface area contributed by atoms with Crippen LogP contribution in [0.25, 0.3) is 0 Å². The molecule has 20 heavy (non-hydrogen) atoms. The van der Waals surface area contributed by atoms with E-state index in [1.165, 1.54) is 18.3 Å². The summed E-state index contributed by atoms with van der Waals surface area (Å²) in [6.45, 7) is 0. The van der Waals surface area contributed by atoms with E-state index < -0.39 is 22.2 Å². The van der Waals surface area contributed by atoms with E-state index in [9.17, 15) is 19.3 Å². The first kappa shape index (κ1) is 13.9. The number of rotatable bonds is 3. The summed E-state index contributed by atoms with van der Waals surface area (Å²) in [5.74, 6) is -1.67. The molecule has 0 spiro atoms. The number of non-ortho nitro benzene ring substituents is 1. The van der Waals surface area contributed by atoms with Gasteiger partial charge in [-0.25, -0.2) is 9.37 Å². The number of nitro benzene ring substituents is 1. The maximum Gasteiger partial charge on any atom is 0.270 e. The van der Waals surface area contributed by atoms with Crippen LogP contribution in [0.3, 0.4) is 0 Å². The summed E-state index contributed by atoms with van der Waals surface area (Å²) in [6.07, 6.45) is 1.36. The zero-order valence-corrected chi connectivity index (χ0v) is 10.6. The number of hydrogen-bond donors (Lipinski definition) is 1. The van der Waals surface area contributed by atoms with Crippen molar-refractivity contribution in [3.05, 3.63) is 63.2 Å². The maximum atomic E-state index is 13.5. The Morgan fingerprint density at radius 3 is 2.75 bits per heavy atom. The minimum atomic E-state index is -0.853. The Kier molecular flexibility index (Phi) is 3.90. The SMILES string of the molecule is O=C(Nc1ccnc(Cl)c1)c1cc([N+](=O)[O-])ccc1F. The van der Waals surface area contributed by atoms with Crippen LogP contribution in [-0.4, -0.2) is 15.8 Å². The number of carbonyl (C=O) groups is 1. The molecule has 0 saturated carbocycles. The average Bonchev–Trinajstić information content (AvgIpc) is 2.38. The number of hydrogen-bond acceptors (Lipinski definition) is 4. The Labute approximate surface area is 117 Å². The lowest BCUT2D eigenvalue weighted by atomic mass is 10.1. The molecule has 0 aliphatic carbocycles. The summed E-state index contributed by atoms with van der Waals surface area (Å²) < 4.78 is 13.5. The first-order chi connectivity index (χ1) is 9.47. The molecule has 0 aliphatic heterocycles. The van der Waals surface area contributed by atoms with E-state index in [0.29, 0.717) is 5.69 Å². The lowest BCUT2D eigenvalue weighted by Crippen LogP contribution is -2.14. The third-order valence-corrected chi connectivity index (χ3v) is 2.60. The van der Waals surface area contributed by atoms with Gasteiger partial charge in [0.25, 0.3) is 11.6 Å². The van der Waals surface area contributed by atoms with Gasteiger partial charge >= 0.3 is 0 Å². The van der Waals surface area contributed by atoms with Gasteiger partial charge in [0.1, 0.15) is 11.0 Å². The number of halogens is 2. The summed E-state index contributed by atoms with van der Waals surface area (Å²) in [7, 11) is 0. The maximum absolute atomic E-state index is 13.5. The number of benzene rings is 1. The van der Waals surface area contributed by atoms with Gasteiger partial charge in [0.2, 0.25) is 0 Å². The molecule has 1 amide bonds. The summed E-state index contributed by atoms with van der Waals surface area (Å²) in [5.41, 5.74) is -0.489. The van der Waals surface area contributed by atoms with E-state index in [0.717, 1.165) is 18.2 Å². The van der Waals surface area contributed by atoms with Crippen LogP contribution in [0, 0.1) is 15.9 Å². The highest BCUT2D eigenvalue weighted by Gasteiger charge is 2.17. The minimum absolute atomic E-state index is 0.155. The van der Waals surface area contributed by atoms with Crippen molar-refractivity contribution in [1.29, 1.82) is 0 Å². The highest BCUT2D eigenvalue weighted by Crippen LogP contribution is 2.19. The van der Waals surface area contributed by atoms with E-state index >= 15 is 0 Å². The third-order valence-electron chi connectivity index (χ3n) is 2.39. The fraction of sp³-hybridized carbons (Fsp3) is 0. The molecule has 0 saturated heterocycles. The zero-order chi connectivity index (χ0) is 14.7. The van der Waals surface area contributed by atoms with Crippen LogP contribution in [0.5, 0.6) is 0 Å². The molecule has 0 radical (unpaired) electrons. The Hall–Kier alpha value is -2.54. The second-order valence-corrected chi connectivity index (χ2v) is 4.13. The van der Waals surface area contributed by atoms with Gasteiger partial charge in [-0.3, -0.25) is 14.9 Å². The Bertz CT molecular complexity index is 693. The van der Waals surface area contributed by atoms with Crippen LogP contribution < -0.4 is 5.32 Å². The number of nitro groups is 1. The highest BCUT2D eigenvalue weighted by atomic mass is 35.5. The van der Waals surface area contributed by atoms with Crippen molar-refractivity contribution >= 4 is 28.9 Å². The Morgan fingerprint density at radius 2 is 2.10 bits per heavy atom. The van der Waals surface area contributed by atoms with Crippen LogP contribution in [0.1, 0.15) is 10.4 Å².